The van der Waals surface area contributed by atoms with Gasteiger partial charge in [-0.3, -0.25) is 0 Å². The lowest BCUT2D eigenvalue weighted by atomic mass is 10.3. The standard InChI is InChI=1S/C8H3BrN2/c9-8-6-7(2-1-4-10)3-5-11-8/h3,5-6H. The molecule has 0 bridgehead atoms. The van der Waals surface area contributed by atoms with Crippen LogP contribution in [-0.2, 0) is 0 Å². The molecule has 0 spiro atoms. The van der Waals surface area contributed by atoms with Crippen LogP contribution in [0.25, 0.3) is 0 Å². The summed E-state index contributed by atoms with van der Waals surface area (Å²) in [5.41, 5.74) is 0.786. The topological polar surface area (TPSA) is 36.7 Å². The highest BCUT2D eigenvalue weighted by molar-refractivity contribution is 9.10. The Labute approximate surface area is 73.0 Å². The highest BCUT2D eigenvalue weighted by Gasteiger charge is 1.87. The maximum Gasteiger partial charge on any atom is 0.152 e. The maximum atomic E-state index is 8.15. The SMILES string of the molecule is N#CC#Cc1ccnc(Br)c1. The first-order chi connectivity index (χ1) is 5.33. The van der Waals surface area contributed by atoms with Gasteiger partial charge in [0.1, 0.15) is 4.60 Å². The van der Waals surface area contributed by atoms with Gasteiger partial charge < -0.3 is 0 Å². The normalized spacial score (nSPS) is 7.64. The van der Waals surface area contributed by atoms with Gasteiger partial charge in [0.05, 0.1) is 0 Å². The average Bonchev–Trinajstić information content (AvgIpc) is 2.01. The second-order valence-electron chi connectivity index (χ2n) is 1.73. The molecule has 0 amide bonds. The number of hydrogen-bond donors (Lipinski definition) is 0. The van der Waals surface area contributed by atoms with Gasteiger partial charge in [-0.15, -0.1) is 0 Å². The first kappa shape index (κ1) is 7.78. The minimum absolute atomic E-state index is 0.724. The number of halogens is 1. The summed E-state index contributed by atoms with van der Waals surface area (Å²) in [7, 11) is 0. The fourth-order valence-corrected chi connectivity index (χ4v) is 0.945. The summed E-state index contributed by atoms with van der Waals surface area (Å²) in [6.45, 7) is 0. The number of aromatic nitrogens is 1. The van der Waals surface area contributed by atoms with Gasteiger partial charge >= 0.3 is 0 Å². The van der Waals surface area contributed by atoms with Crippen molar-refractivity contribution in [3.05, 3.63) is 28.5 Å². The van der Waals surface area contributed by atoms with Gasteiger partial charge in [-0.05, 0) is 28.1 Å². The first-order valence-corrected chi connectivity index (χ1v) is 3.64. The van der Waals surface area contributed by atoms with Crippen molar-refractivity contribution in [1.29, 1.82) is 5.26 Å². The Morgan fingerprint density at radius 3 is 3.00 bits per heavy atom. The van der Waals surface area contributed by atoms with Gasteiger partial charge in [0.25, 0.3) is 0 Å². The lowest BCUT2D eigenvalue weighted by Crippen LogP contribution is -1.76. The molecule has 1 aromatic rings. The molecule has 0 radical (unpaired) electrons. The molecule has 0 fully saturated rings. The van der Waals surface area contributed by atoms with E-state index in [2.05, 4.69) is 32.8 Å². The van der Waals surface area contributed by atoms with Gasteiger partial charge in [0.15, 0.2) is 6.07 Å². The number of nitrogens with zero attached hydrogens (tertiary/aromatic N) is 2. The van der Waals surface area contributed by atoms with Crippen LogP contribution in [0.15, 0.2) is 22.9 Å². The van der Waals surface area contributed by atoms with Crippen molar-refractivity contribution >= 4 is 15.9 Å². The number of hydrogen-bond acceptors (Lipinski definition) is 2. The van der Waals surface area contributed by atoms with E-state index in [1.165, 1.54) is 0 Å². The lowest BCUT2D eigenvalue weighted by Gasteiger charge is -1.88. The summed E-state index contributed by atoms with van der Waals surface area (Å²) in [6, 6.07) is 5.24. The van der Waals surface area contributed by atoms with Crippen molar-refractivity contribution in [2.75, 3.05) is 0 Å². The van der Waals surface area contributed by atoms with Crippen molar-refractivity contribution < 1.29 is 0 Å². The molecule has 0 N–H and O–H groups in total. The third kappa shape index (κ3) is 2.41. The lowest BCUT2D eigenvalue weighted by molar-refractivity contribution is 1.27. The Bertz CT molecular complexity index is 354. The molecule has 0 atom stereocenters. The van der Waals surface area contributed by atoms with Gasteiger partial charge in [-0.25, -0.2) is 4.98 Å². The monoisotopic (exact) mass is 206 g/mol. The van der Waals surface area contributed by atoms with Crippen LogP contribution in [0.4, 0.5) is 0 Å². The molecule has 0 aliphatic rings. The molecule has 52 valence electrons. The van der Waals surface area contributed by atoms with E-state index in [-0.39, 0.29) is 0 Å². The zero-order valence-electron chi connectivity index (χ0n) is 5.50. The number of pyridine rings is 1. The van der Waals surface area contributed by atoms with Crippen LogP contribution in [0, 0.1) is 23.2 Å². The quantitative estimate of drug-likeness (QED) is 0.479. The van der Waals surface area contributed by atoms with Crippen LogP contribution in [0.3, 0.4) is 0 Å². The maximum absolute atomic E-state index is 8.15. The van der Waals surface area contributed by atoms with Gasteiger partial charge in [-0.1, -0.05) is 5.92 Å². The van der Waals surface area contributed by atoms with Crippen LogP contribution in [0.1, 0.15) is 5.56 Å². The van der Waals surface area contributed by atoms with Crippen molar-refractivity contribution in [3.8, 4) is 17.9 Å². The first-order valence-electron chi connectivity index (χ1n) is 2.84. The summed E-state index contributed by atoms with van der Waals surface area (Å²) in [6.07, 6.45) is 1.63. The molecule has 11 heavy (non-hydrogen) atoms. The van der Waals surface area contributed by atoms with E-state index in [9.17, 15) is 0 Å². The van der Waals surface area contributed by atoms with Crippen LogP contribution < -0.4 is 0 Å². The van der Waals surface area contributed by atoms with E-state index < -0.39 is 0 Å². The van der Waals surface area contributed by atoms with Crippen molar-refractivity contribution in [1.82, 2.24) is 4.98 Å². The molecule has 1 heterocycles. The van der Waals surface area contributed by atoms with E-state index in [4.69, 9.17) is 5.26 Å². The average molecular weight is 207 g/mol. The van der Waals surface area contributed by atoms with E-state index in [0.29, 0.717) is 0 Å². The van der Waals surface area contributed by atoms with Crippen LogP contribution in [0.5, 0.6) is 0 Å². The molecule has 2 nitrogen and oxygen atoms in total. The summed E-state index contributed by atoms with van der Waals surface area (Å²) in [5.74, 6) is 4.95. The Balaban J connectivity index is 2.99. The Morgan fingerprint density at radius 2 is 2.36 bits per heavy atom. The molecule has 0 aliphatic carbocycles. The highest BCUT2D eigenvalue weighted by Crippen LogP contribution is 2.06. The number of rotatable bonds is 0. The number of nitriles is 1. The molecular formula is C8H3BrN2. The second-order valence-corrected chi connectivity index (χ2v) is 2.54. The summed E-state index contributed by atoms with van der Waals surface area (Å²) in [4.78, 5) is 3.91. The molecule has 0 aliphatic heterocycles. The largest absolute Gasteiger partial charge is 0.249 e. The third-order valence-electron chi connectivity index (χ3n) is 0.989. The van der Waals surface area contributed by atoms with E-state index in [1.807, 2.05) is 0 Å². The fourth-order valence-electron chi connectivity index (χ4n) is 0.580. The molecule has 1 aromatic heterocycles. The molecule has 0 saturated heterocycles. The molecule has 0 saturated carbocycles. The van der Waals surface area contributed by atoms with E-state index in [0.717, 1.165) is 10.2 Å². The predicted molar refractivity (Wildman–Crippen MR) is 44.4 cm³/mol. The predicted octanol–water partition coefficient (Wildman–Crippen LogP) is 1.72. The smallest absolute Gasteiger partial charge is 0.152 e. The Morgan fingerprint density at radius 1 is 1.55 bits per heavy atom. The van der Waals surface area contributed by atoms with Crippen LogP contribution in [-0.4, -0.2) is 4.98 Å². The summed E-state index contributed by atoms with van der Waals surface area (Å²) < 4.78 is 0.724. The highest BCUT2D eigenvalue weighted by atomic mass is 79.9. The van der Waals surface area contributed by atoms with Crippen LogP contribution >= 0.6 is 15.9 Å². The fraction of sp³-hybridized carbons (Fsp3) is 0. The van der Waals surface area contributed by atoms with Crippen molar-refractivity contribution in [2.24, 2.45) is 0 Å². The molecule has 0 aromatic carbocycles. The molecule has 1 rings (SSSR count). The molecule has 0 unspecified atom stereocenters. The van der Waals surface area contributed by atoms with Crippen molar-refractivity contribution in [3.63, 3.8) is 0 Å². The third-order valence-corrected chi connectivity index (χ3v) is 1.42. The minimum atomic E-state index is 0.724. The molecular weight excluding hydrogens is 204 g/mol. The minimum Gasteiger partial charge on any atom is -0.249 e. The Hall–Kier alpha value is -1.32. The van der Waals surface area contributed by atoms with Crippen molar-refractivity contribution in [2.45, 2.75) is 0 Å². The zero-order valence-corrected chi connectivity index (χ0v) is 7.09. The summed E-state index contributed by atoms with van der Waals surface area (Å²) >= 11 is 3.19. The van der Waals surface area contributed by atoms with Gasteiger partial charge in [-0.2, -0.15) is 5.26 Å². The Kier molecular flexibility index (Phi) is 2.66. The van der Waals surface area contributed by atoms with E-state index in [1.54, 1.807) is 24.4 Å². The van der Waals surface area contributed by atoms with Crippen LogP contribution in [0.2, 0.25) is 0 Å². The summed E-state index contributed by atoms with van der Waals surface area (Å²) in [5, 5.41) is 8.15. The van der Waals surface area contributed by atoms with E-state index >= 15 is 0 Å². The second kappa shape index (κ2) is 3.75. The molecule has 3 heteroatoms. The van der Waals surface area contributed by atoms with Gasteiger partial charge in [0.2, 0.25) is 0 Å². The van der Waals surface area contributed by atoms with Gasteiger partial charge in [0, 0.05) is 17.7 Å². The zero-order chi connectivity index (χ0) is 8.10.